The van der Waals surface area contributed by atoms with Crippen LogP contribution < -0.4 is 0 Å². The maximum absolute atomic E-state index is 8.53. The second-order valence-corrected chi connectivity index (χ2v) is 20.5. The van der Waals surface area contributed by atoms with Gasteiger partial charge in [-0.3, -0.25) is 9.97 Å². The third-order valence-electron chi connectivity index (χ3n) is 14.3. The number of fused-ring (bicyclic) bond motifs is 5. The van der Waals surface area contributed by atoms with Crippen LogP contribution in [-0.2, 0) is 20.1 Å². The monoisotopic (exact) mass is 1160 g/mol. The summed E-state index contributed by atoms with van der Waals surface area (Å²) in [6.07, 6.45) is 0. The first-order valence-corrected chi connectivity index (χ1v) is 25.9. The molecule has 75 heavy (non-hydrogen) atoms. The largest absolute Gasteiger partial charge is 0.500 e. The molecule has 12 rings (SSSR count). The summed E-state index contributed by atoms with van der Waals surface area (Å²) in [7, 11) is 0. The summed E-state index contributed by atoms with van der Waals surface area (Å²) in [5.74, 6) is 2.92. The van der Waals surface area contributed by atoms with E-state index in [1.165, 1.54) is 39.1 Å². The Hall–Kier alpha value is -7.63. The van der Waals surface area contributed by atoms with Crippen LogP contribution in [0.5, 0.6) is 0 Å². The fraction of sp³-hybridized carbons (Fsp3) is 0.188. The quantitative estimate of drug-likeness (QED) is 0.128. The number of aromatic nitrogens is 4. The first-order chi connectivity index (χ1) is 37.2. The molecule has 0 amide bonds. The number of aryl methyl sites for hydroxylation is 1. The third kappa shape index (κ3) is 9.36. The van der Waals surface area contributed by atoms with Crippen molar-refractivity contribution in [1.82, 2.24) is 19.1 Å². The Morgan fingerprint density at radius 2 is 0.973 bits per heavy atom. The summed E-state index contributed by atoms with van der Waals surface area (Å²) in [5, 5.41) is 1.59. The van der Waals surface area contributed by atoms with Gasteiger partial charge < -0.3 is 13.6 Å². The minimum atomic E-state index is -2.39. The molecule has 1 radical (unpaired) electrons. The number of benzene rings is 9. The van der Waals surface area contributed by atoms with E-state index in [0.717, 1.165) is 55.5 Å². The number of nitrogens with zero attached hydrogens (tertiary/aromatic N) is 4. The Labute approximate surface area is 459 Å². The van der Waals surface area contributed by atoms with Crippen LogP contribution in [0.15, 0.2) is 192 Å². The Morgan fingerprint density at radius 3 is 1.55 bits per heavy atom. The normalized spacial score (nSPS) is 12.4. The summed E-state index contributed by atoms with van der Waals surface area (Å²) in [5.41, 5.74) is 18.3. The predicted molar refractivity (Wildman–Crippen MR) is 310 cm³/mol. The molecular weight excluding hydrogens is 1090 g/mol. The molecule has 3 aromatic heterocycles. The third-order valence-corrected chi connectivity index (χ3v) is 14.3. The second-order valence-electron chi connectivity index (χ2n) is 20.5. The van der Waals surface area contributed by atoms with Crippen LogP contribution in [0.3, 0.4) is 0 Å². The average molecular weight is 1160 g/mol. The van der Waals surface area contributed by atoms with Gasteiger partial charge in [-0.2, -0.15) is 0 Å². The average Bonchev–Trinajstić information content (AvgIpc) is 4.33. The molecule has 9 aromatic carbocycles. The zero-order valence-electron chi connectivity index (χ0n) is 46.7. The van der Waals surface area contributed by atoms with Gasteiger partial charge in [-0.1, -0.05) is 182 Å². The zero-order valence-corrected chi connectivity index (χ0v) is 46.1. The molecular formula is C69H62IrN4O-2. The topological polar surface area (TPSA) is 48.8 Å². The predicted octanol–water partition coefficient (Wildman–Crippen LogP) is 19.0. The van der Waals surface area contributed by atoms with Gasteiger partial charge in [-0.25, -0.2) is 0 Å². The van der Waals surface area contributed by atoms with Crippen LogP contribution >= 0.6 is 0 Å². The molecule has 6 heteroatoms. The van der Waals surface area contributed by atoms with Gasteiger partial charge in [0, 0.05) is 41.0 Å². The van der Waals surface area contributed by atoms with Crippen molar-refractivity contribution in [2.45, 2.75) is 85.9 Å². The minimum absolute atomic E-state index is 0. The molecule has 0 saturated carbocycles. The van der Waals surface area contributed by atoms with Gasteiger partial charge in [0.1, 0.15) is 5.58 Å². The fourth-order valence-corrected chi connectivity index (χ4v) is 10.6. The molecule has 0 unspecified atom stereocenters. The molecule has 0 atom stereocenters. The minimum Gasteiger partial charge on any atom is -0.500 e. The van der Waals surface area contributed by atoms with Crippen molar-refractivity contribution >= 4 is 44.0 Å². The van der Waals surface area contributed by atoms with Crippen molar-refractivity contribution < 1.29 is 28.6 Å². The first-order valence-electron chi connectivity index (χ1n) is 27.4. The smallest absolute Gasteiger partial charge is 0.124 e. The molecule has 375 valence electrons. The summed E-state index contributed by atoms with van der Waals surface area (Å²) >= 11 is 0. The molecule has 5 nitrogen and oxygen atoms in total. The Balaban J connectivity index is 0.000000181. The summed E-state index contributed by atoms with van der Waals surface area (Å²) in [6.45, 7) is 15.6. The molecule has 3 heterocycles. The maximum Gasteiger partial charge on any atom is 0.124 e. The number of furan rings is 1. The van der Waals surface area contributed by atoms with Gasteiger partial charge in [0.25, 0.3) is 0 Å². The van der Waals surface area contributed by atoms with E-state index < -0.39 is 6.85 Å². The summed E-state index contributed by atoms with van der Waals surface area (Å²) < 4.78 is 36.9. The van der Waals surface area contributed by atoms with E-state index in [9.17, 15) is 0 Å². The molecule has 0 aliphatic rings. The van der Waals surface area contributed by atoms with E-state index in [-0.39, 0.29) is 37.5 Å². The molecule has 12 aromatic rings. The number of imidazole rings is 2. The molecule has 0 saturated heterocycles. The van der Waals surface area contributed by atoms with Crippen LogP contribution in [0.4, 0.5) is 0 Å². The van der Waals surface area contributed by atoms with Crippen LogP contribution in [-0.4, -0.2) is 19.1 Å². The Morgan fingerprint density at radius 1 is 0.453 bits per heavy atom. The van der Waals surface area contributed by atoms with Crippen molar-refractivity contribution in [3.8, 4) is 56.4 Å². The van der Waals surface area contributed by atoms with Crippen LogP contribution in [0, 0.1) is 19.0 Å². The van der Waals surface area contributed by atoms with Crippen LogP contribution in [0.25, 0.3) is 100 Å². The SMILES string of the molecule is CC(C)c1cc(-c2ccccc2)cc(C(C)C)c1-n1c(-c2[c-]cccc2)nc2ccccc21.[2H]C([2H])([2H])c1c(-c2ccccc2)ccc2c1oc1c(-c3nc4ccccc4n3-c3c(C(C)C)cccc3C(C)C)[c-]ccc12.[Ir]. The Bertz CT molecular complexity index is 4040. The van der Waals surface area contributed by atoms with E-state index in [0.29, 0.717) is 40.0 Å². The van der Waals surface area contributed by atoms with Gasteiger partial charge in [-0.05, 0) is 117 Å². The van der Waals surface area contributed by atoms with Crippen LogP contribution in [0.1, 0.15) is 111 Å². The number of para-hydroxylation sites is 5. The van der Waals surface area contributed by atoms with Gasteiger partial charge in [0.15, 0.2) is 0 Å². The van der Waals surface area contributed by atoms with Crippen molar-refractivity contribution in [3.63, 3.8) is 0 Å². The summed E-state index contributed by atoms with van der Waals surface area (Å²) in [4.78, 5) is 10.2. The van der Waals surface area contributed by atoms with E-state index in [1.54, 1.807) is 0 Å². The van der Waals surface area contributed by atoms with Crippen molar-refractivity contribution in [2.24, 2.45) is 0 Å². The van der Waals surface area contributed by atoms with E-state index in [4.69, 9.17) is 18.5 Å². The van der Waals surface area contributed by atoms with Gasteiger partial charge in [0.05, 0.1) is 39.3 Å². The number of hydrogen-bond donors (Lipinski definition) is 0. The molecule has 0 aliphatic heterocycles. The van der Waals surface area contributed by atoms with Gasteiger partial charge in [0.2, 0.25) is 0 Å². The first kappa shape index (κ1) is 47.1. The van der Waals surface area contributed by atoms with E-state index >= 15 is 0 Å². The second kappa shape index (κ2) is 21.3. The molecule has 0 aliphatic carbocycles. The van der Waals surface area contributed by atoms with Crippen molar-refractivity contribution in [2.75, 3.05) is 0 Å². The van der Waals surface area contributed by atoms with Gasteiger partial charge in [-0.15, -0.1) is 54.1 Å². The van der Waals surface area contributed by atoms with E-state index in [2.05, 4.69) is 180 Å². The molecule has 0 bridgehead atoms. The molecule has 0 spiro atoms. The standard InChI is InChI=1S/C38H33N2O.C31H29N2.Ir/c1-23(2)27-15-11-16-28(24(3)4)35(27)40-34-20-10-9-19-33(34)39-38(40)32-18-12-17-30-31-22-21-29(26-13-7-6-8-14-26)25(5)36(31)41-37(30)32;1-21(2)26-19-25(23-13-7-5-8-14-23)20-27(22(3)4)30(26)33-29-18-12-11-17-28(29)32-31(33)24-15-9-6-10-16-24;/h6-17,19-24H,1-5H3;5-15,17-22H,1-4H3;/q2*-1;/i5D3;;. The fourth-order valence-electron chi connectivity index (χ4n) is 10.6. The van der Waals surface area contributed by atoms with Crippen molar-refractivity contribution in [3.05, 3.63) is 228 Å². The number of rotatable bonds is 10. The van der Waals surface area contributed by atoms with Gasteiger partial charge >= 0.3 is 0 Å². The number of hydrogen-bond acceptors (Lipinski definition) is 3. The van der Waals surface area contributed by atoms with Crippen molar-refractivity contribution in [1.29, 1.82) is 0 Å². The Kier molecular flexibility index (Phi) is 13.4. The zero-order chi connectivity index (χ0) is 53.7. The maximum atomic E-state index is 8.53. The molecule has 0 fully saturated rings. The summed E-state index contributed by atoms with van der Waals surface area (Å²) in [6, 6.07) is 70.8. The molecule has 0 N–H and O–H groups in total. The van der Waals surface area contributed by atoms with E-state index in [1.807, 2.05) is 84.9 Å². The van der Waals surface area contributed by atoms with Crippen LogP contribution in [0.2, 0.25) is 0 Å².